The number of para-hydroxylation sites is 1. The molecular formula is C28H25ClN2O3S. The zero-order valence-electron chi connectivity index (χ0n) is 19.3. The van der Waals surface area contributed by atoms with Gasteiger partial charge in [-0.1, -0.05) is 90.0 Å². The fourth-order valence-corrected chi connectivity index (χ4v) is 5.37. The molecule has 4 aromatic rings. The molecule has 0 saturated carbocycles. The van der Waals surface area contributed by atoms with Gasteiger partial charge < -0.3 is 5.32 Å². The maximum atomic E-state index is 13.3. The first-order valence-corrected chi connectivity index (χ1v) is 12.9. The lowest BCUT2D eigenvalue weighted by molar-refractivity contribution is 0.0942. The molecule has 7 heteroatoms. The zero-order valence-corrected chi connectivity index (χ0v) is 20.9. The van der Waals surface area contributed by atoms with Gasteiger partial charge in [0.2, 0.25) is 0 Å². The molecule has 1 atom stereocenters. The average molecular weight is 505 g/mol. The van der Waals surface area contributed by atoms with Gasteiger partial charge in [-0.25, -0.2) is 8.42 Å². The van der Waals surface area contributed by atoms with Crippen LogP contribution >= 0.6 is 11.6 Å². The summed E-state index contributed by atoms with van der Waals surface area (Å²) in [6, 6.07) is 28.4. The highest BCUT2D eigenvalue weighted by molar-refractivity contribution is 7.92. The minimum atomic E-state index is -4.02. The van der Waals surface area contributed by atoms with Gasteiger partial charge in [0.05, 0.1) is 16.8 Å². The first-order valence-electron chi connectivity index (χ1n) is 11.0. The Hall–Kier alpha value is -3.61. The third-order valence-electron chi connectivity index (χ3n) is 5.69. The highest BCUT2D eigenvalue weighted by atomic mass is 35.5. The van der Waals surface area contributed by atoms with E-state index in [1.54, 1.807) is 25.1 Å². The maximum absolute atomic E-state index is 13.3. The smallest absolute Gasteiger partial charge is 0.263 e. The number of aryl methyl sites for hydroxylation is 2. The molecule has 0 radical (unpaired) electrons. The summed E-state index contributed by atoms with van der Waals surface area (Å²) >= 11 is 6.25. The number of sulfonamides is 1. The van der Waals surface area contributed by atoms with E-state index in [9.17, 15) is 13.2 Å². The Morgan fingerprint density at radius 3 is 2.11 bits per heavy atom. The Morgan fingerprint density at radius 1 is 0.800 bits per heavy atom. The van der Waals surface area contributed by atoms with Gasteiger partial charge in [-0.05, 0) is 54.8 Å². The minimum Gasteiger partial charge on any atom is -0.341 e. The summed E-state index contributed by atoms with van der Waals surface area (Å²) in [4.78, 5) is 13.1. The van der Waals surface area contributed by atoms with E-state index in [0.29, 0.717) is 5.69 Å². The van der Waals surface area contributed by atoms with Crippen LogP contribution in [0.15, 0.2) is 102 Å². The van der Waals surface area contributed by atoms with Crippen LogP contribution in [0.1, 0.15) is 38.7 Å². The van der Waals surface area contributed by atoms with Crippen LogP contribution in [0.2, 0.25) is 5.02 Å². The van der Waals surface area contributed by atoms with Gasteiger partial charge in [0.25, 0.3) is 15.9 Å². The Bertz CT molecular complexity index is 1450. The second kappa shape index (κ2) is 10.3. The van der Waals surface area contributed by atoms with Crippen molar-refractivity contribution in [2.75, 3.05) is 4.72 Å². The first kappa shape index (κ1) is 24.5. The molecule has 4 aromatic carbocycles. The predicted octanol–water partition coefficient (Wildman–Crippen LogP) is 6.28. The van der Waals surface area contributed by atoms with Crippen molar-refractivity contribution in [1.29, 1.82) is 0 Å². The van der Waals surface area contributed by atoms with Crippen LogP contribution in [0, 0.1) is 13.8 Å². The van der Waals surface area contributed by atoms with Crippen LogP contribution in [0.3, 0.4) is 0 Å². The van der Waals surface area contributed by atoms with Crippen LogP contribution in [0.4, 0.5) is 5.69 Å². The quantitative estimate of drug-likeness (QED) is 0.311. The van der Waals surface area contributed by atoms with Gasteiger partial charge in [0.1, 0.15) is 4.90 Å². The molecule has 5 nitrogen and oxygen atoms in total. The van der Waals surface area contributed by atoms with Crippen LogP contribution in [0.5, 0.6) is 0 Å². The molecule has 0 saturated heterocycles. The number of halogens is 1. The Kier molecular flexibility index (Phi) is 7.24. The molecular weight excluding hydrogens is 480 g/mol. The molecule has 1 amide bonds. The number of hydrogen-bond acceptors (Lipinski definition) is 3. The second-order valence-corrected chi connectivity index (χ2v) is 10.4. The Balaban J connectivity index is 1.65. The van der Waals surface area contributed by atoms with Crippen LogP contribution in [0.25, 0.3) is 0 Å². The minimum absolute atomic E-state index is 0.0285. The lowest BCUT2D eigenvalue weighted by Gasteiger charge is -2.20. The molecule has 0 unspecified atom stereocenters. The maximum Gasteiger partial charge on any atom is 0.263 e. The third-order valence-corrected chi connectivity index (χ3v) is 7.54. The summed E-state index contributed by atoms with van der Waals surface area (Å²) in [6.07, 6.45) is 0. The number of amides is 1. The van der Waals surface area contributed by atoms with E-state index in [2.05, 4.69) is 10.0 Å². The summed E-state index contributed by atoms with van der Waals surface area (Å²) in [7, 11) is -4.02. The van der Waals surface area contributed by atoms with Crippen molar-refractivity contribution in [3.8, 4) is 0 Å². The van der Waals surface area contributed by atoms with Gasteiger partial charge in [-0.15, -0.1) is 0 Å². The van der Waals surface area contributed by atoms with Crippen LogP contribution in [-0.4, -0.2) is 14.3 Å². The molecule has 178 valence electrons. The first-order chi connectivity index (χ1) is 16.7. The van der Waals surface area contributed by atoms with E-state index in [0.717, 1.165) is 22.3 Å². The summed E-state index contributed by atoms with van der Waals surface area (Å²) in [6.45, 7) is 3.80. The Morgan fingerprint density at radius 2 is 1.43 bits per heavy atom. The number of carbonyl (C=O) groups excluding carboxylic acids is 1. The molecule has 0 aliphatic heterocycles. The normalized spacial score (nSPS) is 12.1. The van der Waals surface area contributed by atoms with E-state index in [-0.39, 0.29) is 15.5 Å². The van der Waals surface area contributed by atoms with Crippen molar-refractivity contribution in [3.05, 3.63) is 130 Å². The van der Waals surface area contributed by atoms with Crippen molar-refractivity contribution in [1.82, 2.24) is 5.32 Å². The molecule has 0 aliphatic rings. The van der Waals surface area contributed by atoms with E-state index < -0.39 is 22.0 Å². The number of rotatable bonds is 7. The number of nitrogens with one attached hydrogen (secondary N) is 2. The van der Waals surface area contributed by atoms with E-state index >= 15 is 0 Å². The van der Waals surface area contributed by atoms with Crippen molar-refractivity contribution in [3.63, 3.8) is 0 Å². The lowest BCUT2D eigenvalue weighted by Crippen LogP contribution is -2.29. The van der Waals surface area contributed by atoms with Crippen molar-refractivity contribution in [2.24, 2.45) is 0 Å². The molecule has 0 fully saturated rings. The van der Waals surface area contributed by atoms with Crippen LogP contribution < -0.4 is 10.0 Å². The van der Waals surface area contributed by atoms with Crippen molar-refractivity contribution >= 4 is 33.2 Å². The third kappa shape index (κ3) is 5.73. The molecule has 4 rings (SSSR count). The van der Waals surface area contributed by atoms with Gasteiger partial charge in [0.15, 0.2) is 0 Å². The fourth-order valence-electron chi connectivity index (χ4n) is 3.72. The Labute approximate surface area is 210 Å². The molecule has 0 bridgehead atoms. The SMILES string of the molecule is Cc1ccc([C@H](NC(=O)c2ccc(Cl)c(S(=O)(=O)Nc3ccccc3C)c2)c2ccccc2)cc1. The lowest BCUT2D eigenvalue weighted by atomic mass is 9.97. The molecule has 35 heavy (non-hydrogen) atoms. The molecule has 0 spiro atoms. The van der Waals surface area contributed by atoms with Gasteiger partial charge in [0, 0.05) is 5.56 Å². The van der Waals surface area contributed by atoms with Crippen LogP contribution in [-0.2, 0) is 10.0 Å². The van der Waals surface area contributed by atoms with Gasteiger partial charge in [-0.3, -0.25) is 9.52 Å². The highest BCUT2D eigenvalue weighted by Crippen LogP contribution is 2.28. The number of carbonyl (C=O) groups is 1. The van der Waals surface area contributed by atoms with E-state index in [1.807, 2.05) is 67.6 Å². The van der Waals surface area contributed by atoms with Gasteiger partial charge in [-0.2, -0.15) is 0 Å². The number of anilines is 1. The summed E-state index contributed by atoms with van der Waals surface area (Å²) in [5.41, 5.74) is 4.34. The molecule has 0 aromatic heterocycles. The summed E-state index contributed by atoms with van der Waals surface area (Å²) < 4.78 is 28.8. The topological polar surface area (TPSA) is 75.3 Å². The van der Waals surface area contributed by atoms with E-state index in [1.165, 1.54) is 18.2 Å². The summed E-state index contributed by atoms with van der Waals surface area (Å²) in [5, 5.41) is 3.07. The van der Waals surface area contributed by atoms with Gasteiger partial charge >= 0.3 is 0 Å². The standard InChI is InChI=1S/C28H25ClN2O3S/c1-19-12-14-22(15-13-19)27(21-9-4-3-5-10-21)30-28(32)23-16-17-24(29)26(18-23)35(33,34)31-25-11-7-6-8-20(25)2/h3-18,27,31H,1-2H3,(H,30,32)/t27-/m1/s1. The second-order valence-electron chi connectivity index (χ2n) is 8.29. The predicted molar refractivity (Wildman–Crippen MR) is 140 cm³/mol. The molecule has 0 aliphatic carbocycles. The fraction of sp³-hybridized carbons (Fsp3) is 0.107. The molecule has 2 N–H and O–H groups in total. The van der Waals surface area contributed by atoms with Crippen molar-refractivity contribution < 1.29 is 13.2 Å². The number of benzene rings is 4. The highest BCUT2D eigenvalue weighted by Gasteiger charge is 2.23. The zero-order chi connectivity index (χ0) is 25.0. The van der Waals surface area contributed by atoms with E-state index in [4.69, 9.17) is 11.6 Å². The largest absolute Gasteiger partial charge is 0.341 e. The van der Waals surface area contributed by atoms with Crippen molar-refractivity contribution in [2.45, 2.75) is 24.8 Å². The average Bonchev–Trinajstić information content (AvgIpc) is 2.85. The number of hydrogen-bond donors (Lipinski definition) is 2. The monoisotopic (exact) mass is 504 g/mol. The molecule has 0 heterocycles. The summed E-state index contributed by atoms with van der Waals surface area (Å²) in [5.74, 6) is -0.413.